The van der Waals surface area contributed by atoms with Gasteiger partial charge in [-0.2, -0.15) is 0 Å². The van der Waals surface area contributed by atoms with Crippen LogP contribution < -0.4 is 15.0 Å². The largest absolute Gasteiger partial charge is 0.497 e. The quantitative estimate of drug-likeness (QED) is 0.223. The first kappa shape index (κ1) is 33.9. The molecule has 5 rings (SSSR count). The SMILES string of the molecule is C=CCCC(=O)N[C@H](C)[C@@H](OC(=O)[C@@H]1[C@H]2C(=O)N(CCO)[C@H](C(=O)N(CC=C)c3ccc(OC)cc3)[C@]23CC[C@H]1O3)c1ccccc1. The van der Waals surface area contributed by atoms with Crippen molar-refractivity contribution in [3.8, 4) is 5.75 Å². The van der Waals surface area contributed by atoms with Gasteiger partial charge in [0.05, 0.1) is 37.7 Å². The van der Waals surface area contributed by atoms with Crippen molar-refractivity contribution in [3.05, 3.63) is 85.5 Å². The zero-order valence-corrected chi connectivity index (χ0v) is 26.9. The Kier molecular flexibility index (Phi) is 10.5. The number of carbonyl (C=O) groups is 4. The summed E-state index contributed by atoms with van der Waals surface area (Å²) in [7, 11) is 1.55. The van der Waals surface area contributed by atoms with Gasteiger partial charge in [0.1, 0.15) is 23.5 Å². The number of aliphatic hydroxyl groups is 1. The second-order valence-corrected chi connectivity index (χ2v) is 12.2. The third-order valence-corrected chi connectivity index (χ3v) is 9.40. The molecular weight excluding hydrogens is 602 g/mol. The summed E-state index contributed by atoms with van der Waals surface area (Å²) < 4.78 is 18.0. The Labute approximate surface area is 275 Å². The summed E-state index contributed by atoms with van der Waals surface area (Å²) in [4.78, 5) is 58.3. The predicted molar refractivity (Wildman–Crippen MR) is 174 cm³/mol. The van der Waals surface area contributed by atoms with E-state index in [0.29, 0.717) is 36.3 Å². The van der Waals surface area contributed by atoms with Gasteiger partial charge in [0.15, 0.2) is 0 Å². The van der Waals surface area contributed by atoms with Crippen LogP contribution in [0.15, 0.2) is 79.9 Å². The number of ether oxygens (including phenoxy) is 3. The molecule has 1 spiro atoms. The van der Waals surface area contributed by atoms with Crippen molar-refractivity contribution in [2.24, 2.45) is 11.8 Å². The minimum absolute atomic E-state index is 0.103. The summed E-state index contributed by atoms with van der Waals surface area (Å²) in [5.74, 6) is -3.00. The highest BCUT2D eigenvalue weighted by molar-refractivity contribution is 6.04. The number of amides is 3. The van der Waals surface area contributed by atoms with E-state index in [0.717, 1.165) is 0 Å². The molecule has 3 fully saturated rings. The van der Waals surface area contributed by atoms with Gasteiger partial charge in [-0.05, 0) is 56.0 Å². The molecule has 7 atom stereocenters. The van der Waals surface area contributed by atoms with Crippen LogP contribution in [0.2, 0.25) is 0 Å². The third-order valence-electron chi connectivity index (χ3n) is 9.40. The van der Waals surface area contributed by atoms with E-state index in [9.17, 15) is 24.3 Å². The molecule has 11 heteroatoms. The Morgan fingerprint density at radius 2 is 1.87 bits per heavy atom. The van der Waals surface area contributed by atoms with Crippen molar-refractivity contribution in [1.29, 1.82) is 0 Å². The molecule has 11 nitrogen and oxygen atoms in total. The van der Waals surface area contributed by atoms with Crippen molar-refractivity contribution < 1.29 is 38.5 Å². The van der Waals surface area contributed by atoms with E-state index < -0.39 is 59.5 Å². The highest BCUT2D eigenvalue weighted by Gasteiger charge is 2.75. The number of benzene rings is 2. The van der Waals surface area contributed by atoms with Crippen LogP contribution in [0.4, 0.5) is 5.69 Å². The first-order valence-electron chi connectivity index (χ1n) is 16.0. The number of rotatable bonds is 15. The minimum Gasteiger partial charge on any atom is -0.497 e. The zero-order chi connectivity index (χ0) is 33.7. The summed E-state index contributed by atoms with van der Waals surface area (Å²) in [6.45, 7) is 8.93. The van der Waals surface area contributed by atoms with Crippen LogP contribution in [0.1, 0.15) is 44.3 Å². The van der Waals surface area contributed by atoms with Crippen LogP contribution in [0.3, 0.4) is 0 Å². The molecule has 0 aromatic heterocycles. The smallest absolute Gasteiger partial charge is 0.313 e. The molecule has 0 aliphatic carbocycles. The molecule has 0 radical (unpaired) electrons. The van der Waals surface area contributed by atoms with Crippen LogP contribution in [-0.4, -0.2) is 84.3 Å². The van der Waals surface area contributed by atoms with Crippen LogP contribution in [0.5, 0.6) is 5.75 Å². The fourth-order valence-electron chi connectivity index (χ4n) is 7.35. The Balaban J connectivity index is 1.45. The second-order valence-electron chi connectivity index (χ2n) is 12.2. The zero-order valence-electron chi connectivity index (χ0n) is 26.9. The Bertz CT molecular complexity index is 1480. The molecular formula is C36H43N3O8. The van der Waals surface area contributed by atoms with Gasteiger partial charge in [-0.25, -0.2) is 0 Å². The van der Waals surface area contributed by atoms with Gasteiger partial charge in [-0.15, -0.1) is 13.2 Å². The third kappa shape index (κ3) is 6.42. The average molecular weight is 646 g/mol. The molecule has 3 aliphatic rings. The highest BCUT2D eigenvalue weighted by atomic mass is 16.6. The molecule has 2 aromatic carbocycles. The molecule has 3 aliphatic heterocycles. The predicted octanol–water partition coefficient (Wildman–Crippen LogP) is 3.34. The first-order chi connectivity index (χ1) is 22.7. The van der Waals surface area contributed by atoms with Crippen molar-refractivity contribution >= 4 is 29.4 Å². The van der Waals surface area contributed by atoms with Gasteiger partial charge >= 0.3 is 5.97 Å². The lowest BCUT2D eigenvalue weighted by atomic mass is 9.70. The number of aliphatic hydroxyl groups excluding tert-OH is 1. The van der Waals surface area contributed by atoms with Crippen LogP contribution in [0.25, 0.3) is 0 Å². The van der Waals surface area contributed by atoms with Gasteiger partial charge in [-0.3, -0.25) is 19.2 Å². The fourth-order valence-corrected chi connectivity index (χ4v) is 7.35. The molecule has 0 saturated carbocycles. The second kappa shape index (κ2) is 14.5. The molecule has 2 bridgehead atoms. The number of nitrogens with zero attached hydrogens (tertiary/aromatic N) is 2. The Morgan fingerprint density at radius 3 is 2.51 bits per heavy atom. The van der Waals surface area contributed by atoms with Gasteiger partial charge in [0, 0.05) is 25.2 Å². The molecule has 3 heterocycles. The summed E-state index contributed by atoms with van der Waals surface area (Å²) in [6, 6.07) is 14.4. The maximum Gasteiger partial charge on any atom is 0.313 e. The summed E-state index contributed by atoms with van der Waals surface area (Å²) in [6.07, 6.45) is 3.38. The summed E-state index contributed by atoms with van der Waals surface area (Å²) in [5, 5.41) is 12.9. The normalized spacial score (nSPS) is 25.4. The van der Waals surface area contributed by atoms with Crippen LogP contribution in [0, 0.1) is 11.8 Å². The first-order valence-corrected chi connectivity index (χ1v) is 16.0. The van der Waals surface area contributed by atoms with Gasteiger partial charge in [0.25, 0.3) is 5.91 Å². The van der Waals surface area contributed by atoms with Gasteiger partial charge in [0.2, 0.25) is 11.8 Å². The average Bonchev–Trinajstić information content (AvgIpc) is 3.72. The van der Waals surface area contributed by atoms with Gasteiger partial charge < -0.3 is 34.4 Å². The van der Waals surface area contributed by atoms with E-state index in [2.05, 4.69) is 18.5 Å². The van der Waals surface area contributed by atoms with E-state index in [1.165, 1.54) is 9.80 Å². The lowest BCUT2D eigenvalue weighted by Crippen LogP contribution is -2.56. The van der Waals surface area contributed by atoms with E-state index >= 15 is 0 Å². The number of allylic oxidation sites excluding steroid dienone is 1. The summed E-state index contributed by atoms with van der Waals surface area (Å²) in [5.41, 5.74) is -0.0233. The number of hydrogen-bond donors (Lipinski definition) is 2. The number of nitrogens with one attached hydrogen (secondary N) is 1. The standard InChI is InChI=1S/C36H43N3O8/c1-5-7-13-28(41)37-23(3)31(24-11-9-8-10-12-24)46-35(44)29-27-18-19-36(47-27)30(29)33(42)39(21-22-40)32(36)34(43)38(20-6-2)25-14-16-26(45-4)17-15-25/h5-6,8-12,14-17,23,27,29-32,40H,1-2,7,13,18-22H2,3-4H3,(H,37,41)/t23-,27-,29+,30+,31-,32-,36+/m1/s1. The van der Waals surface area contributed by atoms with E-state index in [4.69, 9.17) is 14.2 Å². The van der Waals surface area contributed by atoms with Crippen molar-refractivity contribution in [2.45, 2.75) is 62.5 Å². The monoisotopic (exact) mass is 645 g/mol. The van der Waals surface area contributed by atoms with Crippen molar-refractivity contribution in [1.82, 2.24) is 10.2 Å². The number of likely N-dealkylation sites (tertiary alicyclic amines) is 1. The highest BCUT2D eigenvalue weighted by Crippen LogP contribution is 2.59. The van der Waals surface area contributed by atoms with E-state index in [-0.39, 0.29) is 32.0 Å². The number of fused-ring (bicyclic) bond motifs is 1. The fraction of sp³-hybridized carbons (Fsp3) is 0.444. The topological polar surface area (TPSA) is 135 Å². The minimum atomic E-state index is -1.28. The number of β-amino-alcohol motifs (C(OH)–C–C–N with tert-alkyl or cyclic N) is 1. The number of hydrogen-bond acceptors (Lipinski definition) is 8. The van der Waals surface area contributed by atoms with E-state index in [1.807, 2.05) is 30.3 Å². The Morgan fingerprint density at radius 1 is 1.15 bits per heavy atom. The van der Waals surface area contributed by atoms with Gasteiger partial charge in [-0.1, -0.05) is 42.5 Å². The van der Waals surface area contributed by atoms with Crippen LogP contribution >= 0.6 is 0 Å². The van der Waals surface area contributed by atoms with E-state index in [1.54, 1.807) is 50.5 Å². The van der Waals surface area contributed by atoms with Crippen molar-refractivity contribution in [2.75, 3.05) is 31.7 Å². The molecule has 3 amide bonds. The molecule has 250 valence electrons. The molecule has 0 unspecified atom stereocenters. The maximum absolute atomic E-state index is 14.5. The lowest BCUT2D eigenvalue weighted by molar-refractivity contribution is -0.162. The Hall–Kier alpha value is -4.48. The molecule has 47 heavy (non-hydrogen) atoms. The van der Waals surface area contributed by atoms with Crippen molar-refractivity contribution in [3.63, 3.8) is 0 Å². The lowest BCUT2D eigenvalue weighted by Gasteiger charge is -2.36. The number of carbonyl (C=O) groups excluding carboxylic acids is 4. The maximum atomic E-state index is 14.5. The summed E-state index contributed by atoms with van der Waals surface area (Å²) >= 11 is 0. The number of methoxy groups -OCH3 is 1. The number of esters is 1. The molecule has 2 N–H and O–H groups in total. The van der Waals surface area contributed by atoms with Crippen LogP contribution in [-0.2, 0) is 28.7 Å². The number of anilines is 1. The molecule has 3 saturated heterocycles. The molecule has 2 aromatic rings.